The molecule has 1 N–H and O–H groups in total. The van der Waals surface area contributed by atoms with Crippen molar-refractivity contribution in [2.45, 2.75) is 6.92 Å². The van der Waals surface area contributed by atoms with Crippen LogP contribution >= 0.6 is 15.9 Å². The monoisotopic (exact) mass is 458 g/mol. The number of rotatable bonds is 7. The highest BCUT2D eigenvalue weighted by atomic mass is 79.9. The number of anilines is 2. The minimum atomic E-state index is -0.633. The topological polar surface area (TPSA) is 116 Å². The molecule has 0 radical (unpaired) electrons. The Morgan fingerprint density at radius 2 is 1.97 bits per heavy atom. The molecule has 1 heterocycles. The predicted molar refractivity (Wildman–Crippen MR) is 109 cm³/mol. The standard InChI is InChI=1S/C19H15BrN4O5/c1-2-28-19(25)12-4-3-5-14(10-12)23-17-16(24(26)27)18(22-11-21-17)29-15-8-6-13(20)7-9-15/h3-11H,2H2,1H3,(H,21,22,23). The molecule has 1 aromatic heterocycles. The van der Waals surface area contributed by atoms with Gasteiger partial charge in [-0.15, -0.1) is 0 Å². The molecule has 0 saturated carbocycles. The Hall–Kier alpha value is -3.53. The van der Waals surface area contributed by atoms with Crippen molar-refractivity contribution in [2.24, 2.45) is 0 Å². The number of nitro groups is 1. The second kappa shape index (κ2) is 9.11. The Bertz CT molecular complexity index is 1040. The number of hydrogen-bond donors (Lipinski definition) is 1. The first-order valence-corrected chi connectivity index (χ1v) is 9.24. The summed E-state index contributed by atoms with van der Waals surface area (Å²) in [6, 6.07) is 13.1. The summed E-state index contributed by atoms with van der Waals surface area (Å²) in [5.74, 6) is -0.396. The van der Waals surface area contributed by atoms with Gasteiger partial charge in [0.1, 0.15) is 12.1 Å². The van der Waals surface area contributed by atoms with Gasteiger partial charge in [-0.3, -0.25) is 10.1 Å². The lowest BCUT2D eigenvalue weighted by Gasteiger charge is -2.10. The second-order valence-electron chi connectivity index (χ2n) is 5.62. The summed E-state index contributed by atoms with van der Waals surface area (Å²) in [4.78, 5) is 30.8. The maximum absolute atomic E-state index is 11.9. The van der Waals surface area contributed by atoms with Crippen molar-refractivity contribution in [3.05, 3.63) is 75.0 Å². The van der Waals surface area contributed by atoms with Gasteiger partial charge in [-0.05, 0) is 49.4 Å². The van der Waals surface area contributed by atoms with E-state index in [0.717, 1.165) is 10.8 Å². The van der Waals surface area contributed by atoms with Gasteiger partial charge in [0, 0.05) is 10.2 Å². The van der Waals surface area contributed by atoms with E-state index >= 15 is 0 Å². The van der Waals surface area contributed by atoms with E-state index in [4.69, 9.17) is 9.47 Å². The van der Waals surface area contributed by atoms with Gasteiger partial charge in [-0.1, -0.05) is 22.0 Å². The number of hydrogen-bond acceptors (Lipinski definition) is 8. The molecule has 0 amide bonds. The molecule has 0 bridgehead atoms. The number of esters is 1. The molecule has 29 heavy (non-hydrogen) atoms. The van der Waals surface area contributed by atoms with E-state index in [-0.39, 0.29) is 18.3 Å². The van der Waals surface area contributed by atoms with E-state index in [1.807, 2.05) is 0 Å². The fraction of sp³-hybridized carbons (Fsp3) is 0.105. The molecule has 148 valence electrons. The summed E-state index contributed by atoms with van der Waals surface area (Å²) in [6.07, 6.45) is 1.15. The third-order valence-electron chi connectivity index (χ3n) is 3.64. The Morgan fingerprint density at radius 3 is 2.66 bits per heavy atom. The zero-order valence-electron chi connectivity index (χ0n) is 15.2. The first kappa shape index (κ1) is 20.2. The maximum atomic E-state index is 11.9. The lowest BCUT2D eigenvalue weighted by molar-refractivity contribution is -0.385. The quantitative estimate of drug-likeness (QED) is 0.303. The molecule has 3 rings (SSSR count). The number of aromatic nitrogens is 2. The molecule has 0 atom stereocenters. The highest BCUT2D eigenvalue weighted by Gasteiger charge is 2.25. The van der Waals surface area contributed by atoms with E-state index in [1.165, 1.54) is 6.07 Å². The van der Waals surface area contributed by atoms with Gasteiger partial charge in [0.05, 0.1) is 17.1 Å². The van der Waals surface area contributed by atoms with Crippen LogP contribution in [0.2, 0.25) is 0 Å². The maximum Gasteiger partial charge on any atom is 0.373 e. The van der Waals surface area contributed by atoms with Crippen molar-refractivity contribution in [3.63, 3.8) is 0 Å². The second-order valence-corrected chi connectivity index (χ2v) is 6.53. The Balaban J connectivity index is 1.92. The molecular weight excluding hydrogens is 444 g/mol. The van der Waals surface area contributed by atoms with Gasteiger partial charge in [0.15, 0.2) is 0 Å². The molecule has 2 aromatic carbocycles. The molecular formula is C19H15BrN4O5. The molecule has 0 spiro atoms. The van der Waals surface area contributed by atoms with Crippen molar-refractivity contribution in [2.75, 3.05) is 11.9 Å². The van der Waals surface area contributed by atoms with Crippen molar-refractivity contribution in [1.82, 2.24) is 9.97 Å². The summed E-state index contributed by atoms with van der Waals surface area (Å²) in [6.45, 7) is 1.95. The largest absolute Gasteiger partial charge is 0.462 e. The molecule has 3 aromatic rings. The van der Waals surface area contributed by atoms with E-state index in [9.17, 15) is 14.9 Å². The molecule has 0 aliphatic heterocycles. The molecule has 10 heteroatoms. The minimum absolute atomic E-state index is 0.0712. The van der Waals surface area contributed by atoms with Crippen LogP contribution in [0.25, 0.3) is 0 Å². The first-order valence-electron chi connectivity index (χ1n) is 8.45. The van der Waals surface area contributed by atoms with Crippen LogP contribution in [-0.2, 0) is 4.74 Å². The Kier molecular flexibility index (Phi) is 6.35. The number of halogens is 1. The number of nitrogens with zero attached hydrogens (tertiary/aromatic N) is 3. The van der Waals surface area contributed by atoms with Gasteiger partial charge in [0.2, 0.25) is 5.82 Å². The lowest BCUT2D eigenvalue weighted by Crippen LogP contribution is -2.06. The summed E-state index contributed by atoms with van der Waals surface area (Å²) in [5.41, 5.74) is 0.295. The highest BCUT2D eigenvalue weighted by molar-refractivity contribution is 9.10. The number of ether oxygens (including phenoxy) is 2. The molecule has 0 fully saturated rings. The molecule has 0 aliphatic carbocycles. The van der Waals surface area contributed by atoms with E-state index in [1.54, 1.807) is 49.4 Å². The molecule has 0 aliphatic rings. The van der Waals surface area contributed by atoms with Crippen LogP contribution in [0, 0.1) is 10.1 Å². The van der Waals surface area contributed by atoms with Crippen molar-refractivity contribution in [3.8, 4) is 11.6 Å². The SMILES string of the molecule is CCOC(=O)c1cccc(Nc2ncnc(Oc3ccc(Br)cc3)c2[N+](=O)[O-])c1. The van der Waals surface area contributed by atoms with Crippen molar-refractivity contribution < 1.29 is 19.2 Å². The van der Waals surface area contributed by atoms with Crippen LogP contribution in [0.1, 0.15) is 17.3 Å². The van der Waals surface area contributed by atoms with Gasteiger partial charge < -0.3 is 14.8 Å². The third-order valence-corrected chi connectivity index (χ3v) is 4.16. The van der Waals surface area contributed by atoms with Crippen LogP contribution in [0.15, 0.2) is 59.3 Å². The van der Waals surface area contributed by atoms with Crippen LogP contribution < -0.4 is 10.1 Å². The predicted octanol–water partition coefficient (Wildman–Crippen LogP) is 4.86. The third kappa shape index (κ3) is 5.05. The van der Waals surface area contributed by atoms with Gasteiger partial charge >= 0.3 is 17.5 Å². The highest BCUT2D eigenvalue weighted by Crippen LogP contribution is 2.35. The number of nitrogens with one attached hydrogen (secondary N) is 1. The van der Waals surface area contributed by atoms with Gasteiger partial charge in [-0.2, -0.15) is 4.98 Å². The smallest absolute Gasteiger partial charge is 0.373 e. The fourth-order valence-electron chi connectivity index (χ4n) is 2.38. The van der Waals surface area contributed by atoms with E-state index < -0.39 is 16.6 Å². The number of benzene rings is 2. The van der Waals surface area contributed by atoms with Crippen LogP contribution in [0.3, 0.4) is 0 Å². The number of carbonyl (C=O) groups excluding carboxylic acids is 1. The average Bonchev–Trinajstić information content (AvgIpc) is 2.70. The van der Waals surface area contributed by atoms with Crippen LogP contribution in [0.4, 0.5) is 17.2 Å². The van der Waals surface area contributed by atoms with Gasteiger partial charge in [-0.25, -0.2) is 9.78 Å². The summed E-state index contributed by atoms with van der Waals surface area (Å²) < 4.78 is 11.4. The molecule has 9 nitrogen and oxygen atoms in total. The fourth-order valence-corrected chi connectivity index (χ4v) is 2.65. The van der Waals surface area contributed by atoms with E-state index in [0.29, 0.717) is 17.0 Å². The summed E-state index contributed by atoms with van der Waals surface area (Å²) in [5, 5.41) is 14.5. The van der Waals surface area contributed by atoms with Crippen LogP contribution in [0.5, 0.6) is 11.6 Å². The lowest BCUT2D eigenvalue weighted by atomic mass is 10.2. The normalized spacial score (nSPS) is 10.3. The average molecular weight is 459 g/mol. The number of carbonyl (C=O) groups is 1. The minimum Gasteiger partial charge on any atom is -0.462 e. The Morgan fingerprint density at radius 1 is 1.21 bits per heavy atom. The zero-order chi connectivity index (χ0) is 20.8. The van der Waals surface area contributed by atoms with Crippen molar-refractivity contribution >= 4 is 39.1 Å². The molecule has 0 saturated heterocycles. The van der Waals surface area contributed by atoms with Gasteiger partial charge in [0.25, 0.3) is 0 Å². The summed E-state index contributed by atoms with van der Waals surface area (Å²) >= 11 is 3.31. The zero-order valence-corrected chi connectivity index (χ0v) is 16.8. The van der Waals surface area contributed by atoms with Crippen LogP contribution in [-0.4, -0.2) is 27.5 Å². The molecule has 0 unspecified atom stereocenters. The van der Waals surface area contributed by atoms with Crippen molar-refractivity contribution in [1.29, 1.82) is 0 Å². The first-order chi connectivity index (χ1) is 14.0. The van der Waals surface area contributed by atoms with E-state index in [2.05, 4.69) is 31.2 Å². The Labute approximate surface area is 174 Å². The summed E-state index contributed by atoms with van der Waals surface area (Å²) in [7, 11) is 0.